The van der Waals surface area contributed by atoms with Gasteiger partial charge in [0.15, 0.2) is 16.4 Å². The standard InChI is InChI=1S/C21H25NO5S/c1-15(2)13-19(16-7-5-4-6-8-16)22-20(23)14-27-21(24)17-9-11-18(12-10-17)28(3,25)26/h4-12,15,19H,13-14H2,1-3H3,(H,22,23)/t19-/m0/s1. The van der Waals surface area contributed by atoms with Gasteiger partial charge in [0, 0.05) is 6.26 Å². The number of carbonyl (C=O) groups excluding carboxylic acids is 2. The van der Waals surface area contributed by atoms with Gasteiger partial charge in [-0.2, -0.15) is 0 Å². The number of esters is 1. The summed E-state index contributed by atoms with van der Waals surface area (Å²) in [6.07, 6.45) is 1.85. The first-order valence-corrected chi connectivity index (χ1v) is 10.9. The number of hydrogen-bond donors (Lipinski definition) is 1. The molecule has 7 heteroatoms. The molecular weight excluding hydrogens is 378 g/mol. The summed E-state index contributed by atoms with van der Waals surface area (Å²) in [6, 6.07) is 14.9. The summed E-state index contributed by atoms with van der Waals surface area (Å²) in [6.45, 7) is 3.73. The Bertz CT molecular complexity index is 906. The minimum atomic E-state index is -3.34. The van der Waals surface area contributed by atoms with Gasteiger partial charge in [-0.05, 0) is 42.2 Å². The fraction of sp³-hybridized carbons (Fsp3) is 0.333. The minimum absolute atomic E-state index is 0.112. The van der Waals surface area contributed by atoms with E-state index < -0.39 is 28.3 Å². The van der Waals surface area contributed by atoms with Crippen molar-refractivity contribution in [1.29, 1.82) is 0 Å². The van der Waals surface area contributed by atoms with Gasteiger partial charge >= 0.3 is 5.97 Å². The topological polar surface area (TPSA) is 89.5 Å². The molecule has 0 radical (unpaired) electrons. The van der Waals surface area contributed by atoms with Gasteiger partial charge in [-0.15, -0.1) is 0 Å². The Hall–Kier alpha value is -2.67. The maximum Gasteiger partial charge on any atom is 0.338 e. The minimum Gasteiger partial charge on any atom is -0.452 e. The van der Waals surface area contributed by atoms with E-state index in [4.69, 9.17) is 4.74 Å². The highest BCUT2D eigenvalue weighted by Gasteiger charge is 2.18. The third kappa shape index (κ3) is 6.49. The Kier molecular flexibility index (Phi) is 7.34. The monoisotopic (exact) mass is 403 g/mol. The molecule has 1 amide bonds. The van der Waals surface area contributed by atoms with E-state index >= 15 is 0 Å². The van der Waals surface area contributed by atoms with Crippen molar-refractivity contribution in [2.75, 3.05) is 12.9 Å². The average molecular weight is 404 g/mol. The number of amides is 1. The van der Waals surface area contributed by atoms with E-state index in [1.165, 1.54) is 24.3 Å². The number of ether oxygens (including phenoxy) is 1. The quantitative estimate of drug-likeness (QED) is 0.684. The highest BCUT2D eigenvalue weighted by molar-refractivity contribution is 7.90. The molecule has 0 unspecified atom stereocenters. The van der Waals surface area contributed by atoms with Crippen molar-refractivity contribution in [3.8, 4) is 0 Å². The van der Waals surface area contributed by atoms with Crippen molar-refractivity contribution in [3.05, 3.63) is 65.7 Å². The second-order valence-corrected chi connectivity index (χ2v) is 9.05. The molecule has 2 aromatic carbocycles. The molecule has 0 aliphatic heterocycles. The number of nitrogens with one attached hydrogen (secondary N) is 1. The van der Waals surface area contributed by atoms with Crippen LogP contribution in [-0.4, -0.2) is 33.2 Å². The van der Waals surface area contributed by atoms with Gasteiger partial charge < -0.3 is 10.1 Å². The predicted molar refractivity (Wildman–Crippen MR) is 107 cm³/mol. The number of carbonyl (C=O) groups is 2. The SMILES string of the molecule is CC(C)C[C@H](NC(=O)COC(=O)c1ccc(S(C)(=O)=O)cc1)c1ccccc1. The van der Waals surface area contributed by atoms with Crippen LogP contribution in [-0.2, 0) is 19.4 Å². The zero-order valence-corrected chi connectivity index (χ0v) is 17.0. The van der Waals surface area contributed by atoms with E-state index in [2.05, 4.69) is 19.2 Å². The van der Waals surface area contributed by atoms with Crippen LogP contribution in [0, 0.1) is 5.92 Å². The van der Waals surface area contributed by atoms with E-state index in [1.807, 2.05) is 30.3 Å². The number of sulfone groups is 1. The summed E-state index contributed by atoms with van der Waals surface area (Å²) < 4.78 is 28.0. The largest absolute Gasteiger partial charge is 0.452 e. The Morgan fingerprint density at radius 2 is 1.61 bits per heavy atom. The first kappa shape index (κ1) is 21.6. The fourth-order valence-corrected chi connectivity index (χ4v) is 3.35. The van der Waals surface area contributed by atoms with Crippen LogP contribution in [0.5, 0.6) is 0 Å². The van der Waals surface area contributed by atoms with Gasteiger partial charge in [0.05, 0.1) is 16.5 Å². The second kappa shape index (κ2) is 9.50. The van der Waals surface area contributed by atoms with Gasteiger partial charge in [-0.25, -0.2) is 13.2 Å². The Balaban J connectivity index is 1.95. The maximum atomic E-state index is 12.3. The summed E-state index contributed by atoms with van der Waals surface area (Å²) in [5, 5.41) is 2.91. The summed E-state index contributed by atoms with van der Waals surface area (Å²) >= 11 is 0. The lowest BCUT2D eigenvalue weighted by molar-refractivity contribution is -0.125. The molecule has 0 saturated carbocycles. The van der Waals surface area contributed by atoms with Gasteiger partial charge in [-0.1, -0.05) is 44.2 Å². The third-order valence-electron chi connectivity index (χ3n) is 4.10. The van der Waals surface area contributed by atoms with Crippen molar-refractivity contribution in [3.63, 3.8) is 0 Å². The van der Waals surface area contributed by atoms with Crippen LogP contribution in [0.3, 0.4) is 0 Å². The first-order chi connectivity index (χ1) is 13.2. The van der Waals surface area contributed by atoms with Crippen LogP contribution in [0.2, 0.25) is 0 Å². The molecule has 0 saturated heterocycles. The third-order valence-corrected chi connectivity index (χ3v) is 5.23. The number of benzene rings is 2. The van der Waals surface area contributed by atoms with Crippen LogP contribution in [0.4, 0.5) is 0 Å². The van der Waals surface area contributed by atoms with Crippen LogP contribution in [0.1, 0.15) is 42.2 Å². The Morgan fingerprint density at radius 3 is 2.14 bits per heavy atom. The van der Waals surface area contributed by atoms with Gasteiger partial charge in [0.25, 0.3) is 5.91 Å². The fourth-order valence-electron chi connectivity index (χ4n) is 2.72. The van der Waals surface area contributed by atoms with Crippen LogP contribution in [0.25, 0.3) is 0 Å². The summed E-state index contributed by atoms with van der Waals surface area (Å²) in [7, 11) is -3.34. The summed E-state index contributed by atoms with van der Waals surface area (Å²) in [5.74, 6) is -0.702. The molecular formula is C21H25NO5S. The smallest absolute Gasteiger partial charge is 0.338 e. The van der Waals surface area contributed by atoms with Crippen LogP contribution in [0.15, 0.2) is 59.5 Å². The molecule has 2 aromatic rings. The molecule has 0 spiro atoms. The van der Waals surface area contributed by atoms with Crippen molar-refractivity contribution < 1.29 is 22.7 Å². The lowest BCUT2D eigenvalue weighted by Gasteiger charge is -2.21. The lowest BCUT2D eigenvalue weighted by atomic mass is 9.97. The average Bonchev–Trinajstić information content (AvgIpc) is 2.65. The molecule has 2 rings (SSSR count). The second-order valence-electron chi connectivity index (χ2n) is 7.03. The van der Waals surface area contributed by atoms with E-state index in [9.17, 15) is 18.0 Å². The van der Waals surface area contributed by atoms with Crippen LogP contribution >= 0.6 is 0 Å². The molecule has 1 N–H and O–H groups in total. The molecule has 0 aliphatic rings. The van der Waals surface area contributed by atoms with Crippen molar-refractivity contribution >= 4 is 21.7 Å². The molecule has 1 atom stereocenters. The number of hydrogen-bond acceptors (Lipinski definition) is 5. The maximum absolute atomic E-state index is 12.3. The van der Waals surface area contributed by atoms with E-state index in [0.717, 1.165) is 18.2 Å². The molecule has 0 fully saturated rings. The van der Waals surface area contributed by atoms with Gasteiger partial charge in [0.1, 0.15) is 0 Å². The zero-order chi connectivity index (χ0) is 20.7. The molecule has 150 valence electrons. The van der Waals surface area contributed by atoms with Crippen molar-refractivity contribution in [1.82, 2.24) is 5.32 Å². The molecule has 0 heterocycles. The van der Waals surface area contributed by atoms with E-state index in [1.54, 1.807) is 0 Å². The lowest BCUT2D eigenvalue weighted by Crippen LogP contribution is -2.33. The Morgan fingerprint density at radius 1 is 1.00 bits per heavy atom. The van der Waals surface area contributed by atoms with Crippen molar-refractivity contribution in [2.45, 2.75) is 31.2 Å². The summed E-state index contributed by atoms with van der Waals surface area (Å²) in [4.78, 5) is 24.5. The molecule has 28 heavy (non-hydrogen) atoms. The summed E-state index contributed by atoms with van der Waals surface area (Å²) in [5.41, 5.74) is 1.18. The van der Waals surface area contributed by atoms with Crippen LogP contribution < -0.4 is 5.32 Å². The van der Waals surface area contributed by atoms with Gasteiger partial charge in [0.2, 0.25) is 0 Å². The highest BCUT2D eigenvalue weighted by atomic mass is 32.2. The number of rotatable bonds is 8. The van der Waals surface area contributed by atoms with Crippen molar-refractivity contribution in [2.24, 2.45) is 5.92 Å². The van der Waals surface area contributed by atoms with E-state index in [0.29, 0.717) is 5.92 Å². The Labute approximate surface area is 165 Å². The molecule has 0 bridgehead atoms. The first-order valence-electron chi connectivity index (χ1n) is 8.98. The molecule has 0 aromatic heterocycles. The van der Waals surface area contributed by atoms with Gasteiger partial charge in [-0.3, -0.25) is 4.79 Å². The zero-order valence-electron chi connectivity index (χ0n) is 16.2. The van der Waals surface area contributed by atoms with E-state index in [-0.39, 0.29) is 16.5 Å². The normalized spacial score (nSPS) is 12.4. The predicted octanol–water partition coefficient (Wildman–Crippen LogP) is 3.15. The molecule has 6 nitrogen and oxygen atoms in total. The molecule has 0 aliphatic carbocycles. The highest BCUT2D eigenvalue weighted by Crippen LogP contribution is 2.21.